The first-order valence-corrected chi connectivity index (χ1v) is 7.44. The van der Waals surface area contributed by atoms with Gasteiger partial charge in [-0.1, -0.05) is 36.4 Å². The third kappa shape index (κ3) is 1.99. The predicted molar refractivity (Wildman–Crippen MR) is 87.4 cm³/mol. The SMILES string of the molecule is CN1C(=O)C(c2ccccc2)(c2ccc(O)c(Br)c2)N=C1N. The Kier molecular flexibility index (Phi) is 3.41. The molecule has 22 heavy (non-hydrogen) atoms. The summed E-state index contributed by atoms with van der Waals surface area (Å²) in [6.45, 7) is 0. The highest BCUT2D eigenvalue weighted by Gasteiger charge is 2.49. The molecule has 0 saturated carbocycles. The standard InChI is InChI=1S/C16H14BrN3O2/c1-20-14(22)16(19-15(20)18,10-5-3-2-4-6-10)11-7-8-13(21)12(17)9-11/h2-9,21H,1H3,(H2,18,19). The lowest BCUT2D eigenvalue weighted by Crippen LogP contribution is -2.41. The summed E-state index contributed by atoms with van der Waals surface area (Å²) in [4.78, 5) is 18.7. The molecule has 6 heteroatoms. The molecule has 3 N–H and O–H groups in total. The molecule has 1 aliphatic rings. The number of guanidine groups is 1. The van der Waals surface area contributed by atoms with Crippen molar-refractivity contribution < 1.29 is 9.90 Å². The number of carbonyl (C=O) groups excluding carboxylic acids is 1. The Hall–Kier alpha value is -2.34. The second-order valence-electron chi connectivity index (χ2n) is 5.08. The molecule has 5 nitrogen and oxygen atoms in total. The lowest BCUT2D eigenvalue weighted by molar-refractivity contribution is -0.129. The number of phenols is 1. The number of nitrogens with zero attached hydrogens (tertiary/aromatic N) is 2. The minimum absolute atomic E-state index is 0.0997. The van der Waals surface area contributed by atoms with Crippen LogP contribution in [0.2, 0.25) is 0 Å². The van der Waals surface area contributed by atoms with Crippen LogP contribution in [0.25, 0.3) is 0 Å². The zero-order valence-electron chi connectivity index (χ0n) is 11.8. The van der Waals surface area contributed by atoms with E-state index in [1.54, 1.807) is 19.2 Å². The molecule has 1 amide bonds. The maximum atomic E-state index is 12.9. The fraction of sp³-hybridized carbons (Fsp3) is 0.125. The molecule has 1 aliphatic heterocycles. The summed E-state index contributed by atoms with van der Waals surface area (Å²) in [5.74, 6) is 0.0366. The highest BCUT2D eigenvalue weighted by atomic mass is 79.9. The Morgan fingerprint density at radius 3 is 2.41 bits per heavy atom. The first kappa shape index (κ1) is 14.6. The molecule has 112 valence electrons. The van der Waals surface area contributed by atoms with E-state index < -0.39 is 5.54 Å². The first-order chi connectivity index (χ1) is 10.5. The van der Waals surface area contributed by atoms with E-state index in [-0.39, 0.29) is 17.6 Å². The van der Waals surface area contributed by atoms with E-state index in [0.717, 1.165) is 5.56 Å². The molecule has 2 aromatic rings. The van der Waals surface area contributed by atoms with Crippen molar-refractivity contribution in [2.24, 2.45) is 10.7 Å². The lowest BCUT2D eigenvalue weighted by atomic mass is 9.83. The number of carbonyl (C=O) groups is 1. The number of aromatic hydroxyl groups is 1. The van der Waals surface area contributed by atoms with Crippen molar-refractivity contribution in [1.29, 1.82) is 0 Å². The van der Waals surface area contributed by atoms with Crippen LogP contribution in [0.5, 0.6) is 5.75 Å². The van der Waals surface area contributed by atoms with Crippen molar-refractivity contribution in [3.05, 3.63) is 64.1 Å². The molecule has 1 unspecified atom stereocenters. The summed E-state index contributed by atoms with van der Waals surface area (Å²) >= 11 is 3.29. The van der Waals surface area contributed by atoms with Crippen molar-refractivity contribution in [3.63, 3.8) is 0 Å². The Morgan fingerprint density at radius 1 is 1.18 bits per heavy atom. The lowest BCUT2D eigenvalue weighted by Gasteiger charge is -2.26. The summed E-state index contributed by atoms with van der Waals surface area (Å²) in [6, 6.07) is 14.2. The van der Waals surface area contributed by atoms with E-state index in [0.29, 0.717) is 10.0 Å². The Labute approximate surface area is 136 Å². The van der Waals surface area contributed by atoms with Gasteiger partial charge in [-0.2, -0.15) is 0 Å². The number of phenolic OH excluding ortho intramolecular Hbond substituents is 1. The number of nitrogens with two attached hydrogens (primary N) is 1. The maximum absolute atomic E-state index is 12.9. The predicted octanol–water partition coefficient (Wildman–Crippen LogP) is 2.19. The number of hydrogen-bond acceptors (Lipinski definition) is 4. The zero-order chi connectivity index (χ0) is 15.9. The molecule has 0 aliphatic carbocycles. The van der Waals surface area contributed by atoms with Crippen LogP contribution < -0.4 is 5.73 Å². The van der Waals surface area contributed by atoms with Gasteiger partial charge < -0.3 is 10.8 Å². The van der Waals surface area contributed by atoms with Gasteiger partial charge in [-0.25, -0.2) is 4.99 Å². The number of amides is 1. The van der Waals surface area contributed by atoms with Crippen molar-refractivity contribution in [2.75, 3.05) is 7.05 Å². The number of aliphatic imine (C=N–C) groups is 1. The molecule has 0 bridgehead atoms. The average Bonchev–Trinajstić information content (AvgIpc) is 2.76. The second-order valence-corrected chi connectivity index (χ2v) is 5.93. The summed E-state index contributed by atoms with van der Waals surface area (Å²) in [7, 11) is 1.60. The molecule has 0 radical (unpaired) electrons. The summed E-state index contributed by atoms with van der Waals surface area (Å²) in [5, 5.41) is 9.71. The highest BCUT2D eigenvalue weighted by Crippen LogP contribution is 2.41. The fourth-order valence-corrected chi connectivity index (χ4v) is 2.97. The van der Waals surface area contributed by atoms with Gasteiger partial charge in [0, 0.05) is 7.05 Å². The molecule has 0 spiro atoms. The topological polar surface area (TPSA) is 78.9 Å². The monoisotopic (exact) mass is 359 g/mol. The Bertz CT molecular complexity index is 776. The van der Waals surface area contributed by atoms with Gasteiger partial charge in [0.1, 0.15) is 5.75 Å². The van der Waals surface area contributed by atoms with Crippen LogP contribution in [-0.4, -0.2) is 28.9 Å². The van der Waals surface area contributed by atoms with E-state index in [9.17, 15) is 9.90 Å². The number of benzene rings is 2. The van der Waals surface area contributed by atoms with E-state index in [1.807, 2.05) is 30.3 Å². The molecule has 0 fully saturated rings. The van der Waals surface area contributed by atoms with Gasteiger partial charge in [0.05, 0.1) is 4.47 Å². The number of halogens is 1. The van der Waals surface area contributed by atoms with Gasteiger partial charge in [-0.3, -0.25) is 9.69 Å². The summed E-state index contributed by atoms with van der Waals surface area (Å²) in [5.41, 5.74) is 6.02. The summed E-state index contributed by atoms with van der Waals surface area (Å²) < 4.78 is 0.497. The molecule has 1 atom stereocenters. The van der Waals surface area contributed by atoms with Gasteiger partial charge in [0.2, 0.25) is 0 Å². The van der Waals surface area contributed by atoms with Crippen LogP contribution in [-0.2, 0) is 10.3 Å². The molecule has 1 heterocycles. The molecule has 0 aromatic heterocycles. The third-order valence-electron chi connectivity index (χ3n) is 3.80. The van der Waals surface area contributed by atoms with Gasteiger partial charge in [-0.15, -0.1) is 0 Å². The smallest absolute Gasteiger partial charge is 0.266 e. The zero-order valence-corrected chi connectivity index (χ0v) is 13.4. The second kappa shape index (κ2) is 5.14. The Balaban J connectivity index is 2.30. The first-order valence-electron chi connectivity index (χ1n) is 6.65. The van der Waals surface area contributed by atoms with Crippen LogP contribution in [0.4, 0.5) is 0 Å². The molecular formula is C16H14BrN3O2. The van der Waals surface area contributed by atoms with Crippen molar-refractivity contribution in [1.82, 2.24) is 4.90 Å². The number of likely N-dealkylation sites (N-methyl/N-ethyl adjacent to an activating group) is 1. The van der Waals surface area contributed by atoms with E-state index in [1.165, 1.54) is 11.0 Å². The van der Waals surface area contributed by atoms with Crippen molar-refractivity contribution in [3.8, 4) is 5.75 Å². The minimum atomic E-state index is -1.23. The molecule has 0 saturated heterocycles. The van der Waals surface area contributed by atoms with Gasteiger partial charge >= 0.3 is 0 Å². The van der Waals surface area contributed by atoms with Gasteiger partial charge in [-0.05, 0) is 39.2 Å². The van der Waals surface area contributed by atoms with Crippen molar-refractivity contribution in [2.45, 2.75) is 5.54 Å². The third-order valence-corrected chi connectivity index (χ3v) is 4.43. The maximum Gasteiger partial charge on any atom is 0.266 e. The van der Waals surface area contributed by atoms with E-state index in [4.69, 9.17) is 5.73 Å². The van der Waals surface area contributed by atoms with E-state index >= 15 is 0 Å². The van der Waals surface area contributed by atoms with Crippen LogP contribution in [0.15, 0.2) is 58.0 Å². The quantitative estimate of drug-likeness (QED) is 0.862. The normalized spacial score (nSPS) is 21.1. The van der Waals surface area contributed by atoms with Crippen LogP contribution in [0.1, 0.15) is 11.1 Å². The fourth-order valence-electron chi connectivity index (χ4n) is 2.60. The van der Waals surface area contributed by atoms with Crippen molar-refractivity contribution >= 4 is 27.8 Å². The van der Waals surface area contributed by atoms with E-state index in [2.05, 4.69) is 20.9 Å². The minimum Gasteiger partial charge on any atom is -0.507 e. The average molecular weight is 360 g/mol. The number of rotatable bonds is 2. The largest absolute Gasteiger partial charge is 0.507 e. The highest BCUT2D eigenvalue weighted by molar-refractivity contribution is 9.10. The van der Waals surface area contributed by atoms with Crippen LogP contribution >= 0.6 is 15.9 Å². The van der Waals surface area contributed by atoms with Gasteiger partial charge in [0.25, 0.3) is 5.91 Å². The van der Waals surface area contributed by atoms with Gasteiger partial charge in [0.15, 0.2) is 11.5 Å². The van der Waals surface area contributed by atoms with Crippen LogP contribution in [0.3, 0.4) is 0 Å². The number of hydrogen-bond donors (Lipinski definition) is 2. The molecule has 3 rings (SSSR count). The Morgan fingerprint density at radius 2 is 1.86 bits per heavy atom. The molecule has 2 aromatic carbocycles. The molecular weight excluding hydrogens is 346 g/mol. The van der Waals surface area contributed by atoms with Crippen LogP contribution in [0, 0.1) is 0 Å². The summed E-state index contributed by atoms with van der Waals surface area (Å²) in [6.07, 6.45) is 0.